The van der Waals surface area contributed by atoms with Crippen molar-refractivity contribution >= 4 is 10.8 Å². The molecule has 4 nitrogen and oxygen atoms in total. The van der Waals surface area contributed by atoms with Crippen LogP contribution in [0.25, 0.3) is 22.0 Å². The highest BCUT2D eigenvalue weighted by Crippen LogP contribution is 2.34. The Balaban J connectivity index is 2.21. The second kappa shape index (κ2) is 3.32. The van der Waals surface area contributed by atoms with Gasteiger partial charge in [0.05, 0.1) is 10.8 Å². The predicted octanol–water partition coefficient (Wildman–Crippen LogP) is 2.28. The van der Waals surface area contributed by atoms with Crippen molar-refractivity contribution in [1.82, 2.24) is 10.2 Å². The lowest BCUT2D eigenvalue weighted by molar-refractivity contribution is 0.515. The van der Waals surface area contributed by atoms with Crippen LogP contribution in [0.4, 0.5) is 0 Å². The van der Waals surface area contributed by atoms with Gasteiger partial charge in [-0.15, -0.1) is 0 Å². The van der Waals surface area contributed by atoms with Crippen molar-refractivity contribution in [3.05, 3.63) is 52.2 Å². The zero-order chi connectivity index (χ0) is 12.1. The largest absolute Gasteiger partial charge is 0.468 e. The molecule has 4 heteroatoms. The summed E-state index contributed by atoms with van der Waals surface area (Å²) in [5.74, 6) is 0.856. The van der Waals surface area contributed by atoms with E-state index in [4.69, 9.17) is 4.42 Å². The van der Waals surface area contributed by atoms with E-state index in [0.717, 1.165) is 35.2 Å². The number of rotatable bonds is 0. The summed E-state index contributed by atoms with van der Waals surface area (Å²) >= 11 is 0. The van der Waals surface area contributed by atoms with Crippen LogP contribution in [-0.2, 0) is 12.8 Å². The molecule has 0 aliphatic heterocycles. The smallest absolute Gasteiger partial charge is 0.275 e. The molecule has 0 radical (unpaired) electrons. The van der Waals surface area contributed by atoms with Crippen LogP contribution in [0.2, 0.25) is 0 Å². The lowest BCUT2D eigenvalue weighted by atomic mass is 10.0. The Hall–Kier alpha value is -2.36. The first kappa shape index (κ1) is 9.65. The van der Waals surface area contributed by atoms with Crippen molar-refractivity contribution < 1.29 is 4.42 Å². The van der Waals surface area contributed by atoms with Crippen LogP contribution in [0.5, 0.6) is 0 Å². The van der Waals surface area contributed by atoms with E-state index in [9.17, 15) is 4.79 Å². The number of fused-ring (bicyclic) bond motifs is 2. The molecule has 0 amide bonds. The summed E-state index contributed by atoms with van der Waals surface area (Å²) in [6, 6.07) is 8.15. The molecule has 3 aromatic rings. The van der Waals surface area contributed by atoms with Crippen LogP contribution in [0.3, 0.4) is 0 Å². The standard InChI is InChI=1S/C14H10N2O2/c17-14-10-7-18-11-6-5-8-3-1-2-4-9(8)13(12(10)11)15-16-14/h1-4,7H,5-6H2,(H,16,17). The molecule has 0 saturated heterocycles. The molecule has 2 aromatic heterocycles. The molecular formula is C14H10N2O2. The minimum absolute atomic E-state index is 0.192. The Kier molecular flexibility index (Phi) is 1.78. The Morgan fingerprint density at radius 1 is 1.22 bits per heavy atom. The number of benzene rings is 1. The number of hydrogen-bond acceptors (Lipinski definition) is 3. The van der Waals surface area contributed by atoms with Gasteiger partial charge in [0.15, 0.2) is 0 Å². The van der Waals surface area contributed by atoms with E-state index in [0.29, 0.717) is 5.39 Å². The van der Waals surface area contributed by atoms with Gasteiger partial charge in [-0.3, -0.25) is 4.79 Å². The summed E-state index contributed by atoms with van der Waals surface area (Å²) in [4.78, 5) is 11.7. The lowest BCUT2D eigenvalue weighted by Gasteiger charge is -2.05. The number of aromatic amines is 1. The van der Waals surface area contributed by atoms with Crippen LogP contribution in [-0.4, -0.2) is 10.2 Å². The van der Waals surface area contributed by atoms with E-state index in [1.807, 2.05) is 18.2 Å². The Labute approximate surface area is 102 Å². The minimum atomic E-state index is -0.192. The summed E-state index contributed by atoms with van der Waals surface area (Å²) in [5, 5.41) is 8.21. The van der Waals surface area contributed by atoms with Crippen molar-refractivity contribution in [2.24, 2.45) is 0 Å². The molecule has 2 heterocycles. The first-order valence-electron chi connectivity index (χ1n) is 5.91. The topological polar surface area (TPSA) is 58.9 Å². The number of nitrogens with one attached hydrogen (secondary N) is 1. The van der Waals surface area contributed by atoms with Gasteiger partial charge in [0.2, 0.25) is 0 Å². The molecule has 0 spiro atoms. The SMILES string of the molecule is O=c1[nH]nc2c3c(occ13)CCc1ccccc1-2. The minimum Gasteiger partial charge on any atom is -0.468 e. The van der Waals surface area contributed by atoms with Crippen LogP contribution in [0.1, 0.15) is 11.3 Å². The number of nitrogens with zero attached hydrogens (tertiary/aromatic N) is 1. The number of aromatic nitrogens is 2. The average Bonchev–Trinajstić information content (AvgIpc) is 2.76. The summed E-state index contributed by atoms with van der Waals surface area (Å²) in [5.41, 5.74) is 2.95. The third kappa shape index (κ3) is 1.14. The van der Waals surface area contributed by atoms with Crippen molar-refractivity contribution in [2.75, 3.05) is 0 Å². The van der Waals surface area contributed by atoms with Crippen molar-refractivity contribution in [3.8, 4) is 11.3 Å². The summed E-state index contributed by atoms with van der Waals surface area (Å²) < 4.78 is 5.53. The Bertz CT molecular complexity index is 814. The third-order valence-corrected chi connectivity index (χ3v) is 3.51. The Morgan fingerprint density at radius 3 is 3.06 bits per heavy atom. The molecule has 1 N–H and O–H groups in total. The van der Waals surface area contributed by atoms with E-state index in [1.54, 1.807) is 0 Å². The molecule has 0 unspecified atom stereocenters. The van der Waals surface area contributed by atoms with Crippen LogP contribution >= 0.6 is 0 Å². The molecule has 0 atom stereocenters. The number of furan rings is 1. The van der Waals surface area contributed by atoms with Gasteiger partial charge in [-0.05, 0) is 12.0 Å². The molecule has 1 aliphatic carbocycles. The zero-order valence-corrected chi connectivity index (χ0v) is 9.56. The fourth-order valence-electron chi connectivity index (χ4n) is 2.64. The molecule has 4 rings (SSSR count). The zero-order valence-electron chi connectivity index (χ0n) is 9.56. The second-order valence-corrected chi connectivity index (χ2v) is 4.51. The maximum absolute atomic E-state index is 11.7. The van der Waals surface area contributed by atoms with E-state index in [-0.39, 0.29) is 5.56 Å². The number of aryl methyl sites for hydroxylation is 2. The fraction of sp³-hybridized carbons (Fsp3) is 0.143. The van der Waals surface area contributed by atoms with Gasteiger partial charge in [-0.25, -0.2) is 5.10 Å². The second-order valence-electron chi connectivity index (χ2n) is 4.51. The molecule has 18 heavy (non-hydrogen) atoms. The maximum atomic E-state index is 11.7. The van der Waals surface area contributed by atoms with Gasteiger partial charge in [-0.1, -0.05) is 24.3 Å². The average molecular weight is 238 g/mol. The first-order chi connectivity index (χ1) is 8.84. The summed E-state index contributed by atoms with van der Waals surface area (Å²) in [6.45, 7) is 0. The molecular weight excluding hydrogens is 228 g/mol. The Morgan fingerprint density at radius 2 is 2.11 bits per heavy atom. The van der Waals surface area contributed by atoms with Gasteiger partial charge in [0.1, 0.15) is 17.7 Å². The van der Waals surface area contributed by atoms with E-state index in [2.05, 4.69) is 16.3 Å². The van der Waals surface area contributed by atoms with Crippen molar-refractivity contribution in [3.63, 3.8) is 0 Å². The summed E-state index contributed by atoms with van der Waals surface area (Å²) in [6.07, 6.45) is 3.24. The molecule has 1 aromatic carbocycles. The van der Waals surface area contributed by atoms with Gasteiger partial charge in [0.25, 0.3) is 5.56 Å². The first-order valence-corrected chi connectivity index (χ1v) is 5.91. The van der Waals surface area contributed by atoms with Crippen molar-refractivity contribution in [1.29, 1.82) is 0 Å². The van der Waals surface area contributed by atoms with Gasteiger partial charge >= 0.3 is 0 Å². The number of H-pyrrole nitrogens is 1. The molecule has 0 saturated carbocycles. The fourth-order valence-corrected chi connectivity index (χ4v) is 2.64. The highest BCUT2D eigenvalue weighted by Gasteiger charge is 2.21. The molecule has 1 aliphatic rings. The molecule has 0 fully saturated rings. The third-order valence-electron chi connectivity index (χ3n) is 3.51. The van der Waals surface area contributed by atoms with Crippen LogP contribution in [0, 0.1) is 0 Å². The normalized spacial score (nSPS) is 13.3. The molecule has 88 valence electrons. The highest BCUT2D eigenvalue weighted by atomic mass is 16.3. The quantitative estimate of drug-likeness (QED) is 0.653. The highest BCUT2D eigenvalue weighted by molar-refractivity contribution is 5.96. The van der Waals surface area contributed by atoms with Crippen molar-refractivity contribution in [2.45, 2.75) is 12.8 Å². The van der Waals surface area contributed by atoms with Gasteiger partial charge in [0, 0.05) is 12.0 Å². The van der Waals surface area contributed by atoms with Crippen LogP contribution in [0.15, 0.2) is 39.7 Å². The van der Waals surface area contributed by atoms with E-state index in [1.165, 1.54) is 11.8 Å². The maximum Gasteiger partial charge on any atom is 0.275 e. The van der Waals surface area contributed by atoms with Gasteiger partial charge in [-0.2, -0.15) is 5.10 Å². The van der Waals surface area contributed by atoms with Gasteiger partial charge < -0.3 is 4.42 Å². The van der Waals surface area contributed by atoms with Crippen LogP contribution < -0.4 is 5.56 Å². The lowest BCUT2D eigenvalue weighted by Crippen LogP contribution is -2.08. The monoisotopic (exact) mass is 238 g/mol. The predicted molar refractivity (Wildman–Crippen MR) is 67.5 cm³/mol. The summed E-state index contributed by atoms with van der Waals surface area (Å²) in [7, 11) is 0. The van der Waals surface area contributed by atoms with E-state index >= 15 is 0 Å². The van der Waals surface area contributed by atoms with E-state index < -0.39 is 0 Å². The molecule has 0 bridgehead atoms. The number of hydrogen-bond donors (Lipinski definition) is 1.